The van der Waals surface area contributed by atoms with E-state index in [0.29, 0.717) is 18.5 Å². The van der Waals surface area contributed by atoms with E-state index < -0.39 is 0 Å². The summed E-state index contributed by atoms with van der Waals surface area (Å²) in [6, 6.07) is 21.8. The summed E-state index contributed by atoms with van der Waals surface area (Å²) in [4.78, 5) is 19.2. The Kier molecular flexibility index (Phi) is 5.75. The highest BCUT2D eigenvalue weighted by atomic mass is 16.1. The van der Waals surface area contributed by atoms with E-state index in [2.05, 4.69) is 32.6 Å². The standard InChI is InChI=1S/C24H25N5O/c1-29(2)19-12-10-18(11-13-19)16-22(30)26-21(15-17-7-4-3-5-8-17)23-20-9-6-14-25-24(20)28-27-23/h3-14,21H,15-16H2,1-2H3,(H,26,30)(H,25,27,28). The van der Waals surface area contributed by atoms with E-state index in [4.69, 9.17) is 0 Å². The highest BCUT2D eigenvalue weighted by Crippen LogP contribution is 2.24. The van der Waals surface area contributed by atoms with Gasteiger partial charge in [0.1, 0.15) is 0 Å². The van der Waals surface area contributed by atoms with Crippen molar-refractivity contribution >= 4 is 22.6 Å². The number of amides is 1. The molecular formula is C24H25N5O. The average molecular weight is 399 g/mol. The Balaban J connectivity index is 1.55. The molecule has 1 atom stereocenters. The van der Waals surface area contributed by atoms with E-state index in [0.717, 1.165) is 27.9 Å². The highest BCUT2D eigenvalue weighted by molar-refractivity contribution is 5.82. The molecule has 2 N–H and O–H groups in total. The molecule has 0 bridgehead atoms. The second-order valence-corrected chi connectivity index (χ2v) is 7.56. The Labute approximate surface area is 176 Å². The molecule has 152 valence electrons. The molecule has 6 heteroatoms. The lowest BCUT2D eigenvalue weighted by atomic mass is 10.0. The van der Waals surface area contributed by atoms with Crippen molar-refractivity contribution in [3.63, 3.8) is 0 Å². The van der Waals surface area contributed by atoms with Crippen molar-refractivity contribution in [2.24, 2.45) is 0 Å². The fourth-order valence-electron chi connectivity index (χ4n) is 3.55. The number of pyridine rings is 1. The van der Waals surface area contributed by atoms with Gasteiger partial charge in [-0.05, 0) is 41.8 Å². The predicted molar refractivity (Wildman–Crippen MR) is 119 cm³/mol. The van der Waals surface area contributed by atoms with Crippen LogP contribution in [0.15, 0.2) is 72.9 Å². The Morgan fingerprint density at radius 1 is 1.00 bits per heavy atom. The first-order valence-corrected chi connectivity index (χ1v) is 9.98. The molecule has 2 aromatic carbocycles. The number of nitrogens with zero attached hydrogens (tertiary/aromatic N) is 3. The molecule has 0 saturated carbocycles. The molecule has 2 aromatic heterocycles. The van der Waals surface area contributed by atoms with E-state index in [1.54, 1.807) is 6.20 Å². The van der Waals surface area contributed by atoms with Gasteiger partial charge in [-0.3, -0.25) is 9.89 Å². The molecule has 0 aliphatic heterocycles. The first-order chi connectivity index (χ1) is 14.6. The lowest BCUT2D eigenvalue weighted by molar-refractivity contribution is -0.121. The quantitative estimate of drug-likeness (QED) is 0.497. The topological polar surface area (TPSA) is 73.9 Å². The SMILES string of the molecule is CN(C)c1ccc(CC(=O)NC(Cc2ccccc2)c2[nH]nc3ncccc23)cc1. The summed E-state index contributed by atoms with van der Waals surface area (Å²) in [5, 5.41) is 11.5. The van der Waals surface area contributed by atoms with Gasteiger partial charge in [-0.15, -0.1) is 0 Å². The summed E-state index contributed by atoms with van der Waals surface area (Å²) in [5.41, 5.74) is 4.76. The van der Waals surface area contributed by atoms with Gasteiger partial charge in [-0.1, -0.05) is 42.5 Å². The number of H-pyrrole nitrogens is 1. The molecule has 4 aromatic rings. The summed E-state index contributed by atoms with van der Waals surface area (Å²) in [7, 11) is 4.00. The number of rotatable bonds is 7. The maximum absolute atomic E-state index is 12.9. The Morgan fingerprint density at radius 3 is 2.50 bits per heavy atom. The molecule has 2 heterocycles. The van der Waals surface area contributed by atoms with Gasteiger partial charge < -0.3 is 10.2 Å². The minimum atomic E-state index is -0.227. The zero-order valence-electron chi connectivity index (χ0n) is 17.2. The number of aromatic nitrogens is 3. The number of hydrogen-bond acceptors (Lipinski definition) is 4. The lowest BCUT2D eigenvalue weighted by Crippen LogP contribution is -2.31. The number of hydrogen-bond donors (Lipinski definition) is 2. The first-order valence-electron chi connectivity index (χ1n) is 9.98. The monoisotopic (exact) mass is 399 g/mol. The summed E-state index contributed by atoms with van der Waals surface area (Å²) < 4.78 is 0. The van der Waals surface area contributed by atoms with Crippen molar-refractivity contribution in [1.82, 2.24) is 20.5 Å². The van der Waals surface area contributed by atoms with Gasteiger partial charge in [0.2, 0.25) is 5.91 Å². The molecule has 4 rings (SSSR count). The Hall–Kier alpha value is -3.67. The maximum atomic E-state index is 12.9. The Morgan fingerprint density at radius 2 is 1.77 bits per heavy atom. The van der Waals surface area contributed by atoms with Crippen LogP contribution < -0.4 is 10.2 Å². The zero-order valence-corrected chi connectivity index (χ0v) is 17.2. The molecule has 1 unspecified atom stereocenters. The summed E-state index contributed by atoms with van der Waals surface area (Å²) >= 11 is 0. The second-order valence-electron chi connectivity index (χ2n) is 7.56. The molecule has 30 heavy (non-hydrogen) atoms. The molecule has 0 fully saturated rings. The van der Waals surface area contributed by atoms with Gasteiger partial charge in [0.05, 0.1) is 18.2 Å². The number of carbonyl (C=O) groups excluding carboxylic acids is 1. The molecule has 0 aliphatic carbocycles. The van der Waals surface area contributed by atoms with Gasteiger partial charge >= 0.3 is 0 Å². The van der Waals surface area contributed by atoms with E-state index in [9.17, 15) is 4.79 Å². The number of benzene rings is 2. The van der Waals surface area contributed by atoms with Crippen molar-refractivity contribution in [3.8, 4) is 0 Å². The third-order valence-corrected chi connectivity index (χ3v) is 5.14. The summed E-state index contributed by atoms with van der Waals surface area (Å²) in [5.74, 6) is -0.0276. The van der Waals surface area contributed by atoms with Gasteiger partial charge in [0, 0.05) is 31.4 Å². The van der Waals surface area contributed by atoms with E-state index in [1.165, 1.54) is 0 Å². The van der Waals surface area contributed by atoms with Crippen LogP contribution in [0.25, 0.3) is 11.0 Å². The molecule has 6 nitrogen and oxygen atoms in total. The van der Waals surface area contributed by atoms with E-state index in [-0.39, 0.29) is 11.9 Å². The maximum Gasteiger partial charge on any atom is 0.224 e. The fourth-order valence-corrected chi connectivity index (χ4v) is 3.55. The third-order valence-electron chi connectivity index (χ3n) is 5.14. The molecule has 0 aliphatic rings. The highest BCUT2D eigenvalue weighted by Gasteiger charge is 2.20. The number of aromatic amines is 1. The fraction of sp³-hybridized carbons (Fsp3) is 0.208. The predicted octanol–water partition coefficient (Wildman–Crippen LogP) is 3.67. The number of fused-ring (bicyclic) bond motifs is 1. The van der Waals surface area contributed by atoms with Crippen LogP contribution in [-0.4, -0.2) is 35.2 Å². The molecule has 0 spiro atoms. The van der Waals surface area contributed by atoms with Gasteiger partial charge in [-0.2, -0.15) is 5.10 Å². The molecule has 1 amide bonds. The molecule has 0 saturated heterocycles. The number of nitrogens with one attached hydrogen (secondary N) is 2. The van der Waals surface area contributed by atoms with Crippen molar-refractivity contribution in [2.45, 2.75) is 18.9 Å². The summed E-state index contributed by atoms with van der Waals surface area (Å²) in [6.45, 7) is 0. The van der Waals surface area contributed by atoms with Crippen LogP contribution in [0.5, 0.6) is 0 Å². The largest absolute Gasteiger partial charge is 0.378 e. The van der Waals surface area contributed by atoms with Crippen LogP contribution in [-0.2, 0) is 17.6 Å². The second kappa shape index (κ2) is 8.78. The van der Waals surface area contributed by atoms with Crippen molar-refractivity contribution in [2.75, 3.05) is 19.0 Å². The minimum absolute atomic E-state index is 0.0276. The van der Waals surface area contributed by atoms with Crippen LogP contribution in [0.1, 0.15) is 22.9 Å². The Bertz CT molecular complexity index is 1120. The smallest absolute Gasteiger partial charge is 0.224 e. The summed E-state index contributed by atoms with van der Waals surface area (Å²) in [6.07, 6.45) is 2.71. The van der Waals surface area contributed by atoms with Crippen LogP contribution in [0.2, 0.25) is 0 Å². The van der Waals surface area contributed by atoms with Crippen molar-refractivity contribution in [1.29, 1.82) is 0 Å². The van der Waals surface area contributed by atoms with Crippen molar-refractivity contribution < 1.29 is 4.79 Å². The van der Waals surface area contributed by atoms with Crippen LogP contribution in [0.3, 0.4) is 0 Å². The molecular weight excluding hydrogens is 374 g/mol. The van der Waals surface area contributed by atoms with Crippen molar-refractivity contribution in [3.05, 3.63) is 89.7 Å². The van der Waals surface area contributed by atoms with Gasteiger partial charge in [-0.25, -0.2) is 4.98 Å². The first kappa shape index (κ1) is 19.6. The van der Waals surface area contributed by atoms with E-state index in [1.807, 2.05) is 73.6 Å². The van der Waals surface area contributed by atoms with Crippen LogP contribution in [0.4, 0.5) is 5.69 Å². The third kappa shape index (κ3) is 4.49. The molecule has 0 radical (unpaired) electrons. The van der Waals surface area contributed by atoms with Gasteiger partial charge in [0.15, 0.2) is 5.65 Å². The zero-order chi connectivity index (χ0) is 20.9. The average Bonchev–Trinajstić information content (AvgIpc) is 3.18. The van der Waals surface area contributed by atoms with Crippen LogP contribution in [0, 0.1) is 0 Å². The van der Waals surface area contributed by atoms with Gasteiger partial charge in [0.25, 0.3) is 0 Å². The number of carbonyl (C=O) groups is 1. The number of anilines is 1. The van der Waals surface area contributed by atoms with E-state index >= 15 is 0 Å². The minimum Gasteiger partial charge on any atom is -0.378 e. The van der Waals surface area contributed by atoms with Crippen LogP contribution >= 0.6 is 0 Å². The normalized spacial score (nSPS) is 11.9. The lowest BCUT2D eigenvalue weighted by Gasteiger charge is -2.19.